The first-order chi connectivity index (χ1) is 10.5. The van der Waals surface area contributed by atoms with E-state index in [4.69, 9.17) is 0 Å². The van der Waals surface area contributed by atoms with Crippen molar-refractivity contribution in [3.8, 4) is 0 Å². The highest BCUT2D eigenvalue weighted by Gasteiger charge is 2.13. The Balaban J connectivity index is 1.83. The molecule has 0 aliphatic rings. The van der Waals surface area contributed by atoms with E-state index in [1.807, 2.05) is 26.1 Å². The summed E-state index contributed by atoms with van der Waals surface area (Å²) in [6, 6.07) is 18.8. The second-order valence-corrected chi connectivity index (χ2v) is 6.46. The highest BCUT2D eigenvalue weighted by molar-refractivity contribution is 5.84. The molecule has 0 unspecified atom stereocenters. The molecule has 0 atom stereocenters. The van der Waals surface area contributed by atoms with Gasteiger partial charge in [0.25, 0.3) is 0 Å². The Kier molecular flexibility index (Phi) is 3.95. The minimum atomic E-state index is -0.668. The number of fused-ring (bicyclic) bond motifs is 1. The number of benzene rings is 2. The number of rotatable bonds is 4. The third-order valence-corrected chi connectivity index (χ3v) is 3.79. The molecule has 3 aromatic rings. The molecule has 3 rings (SSSR count). The van der Waals surface area contributed by atoms with Gasteiger partial charge in [-0.05, 0) is 36.4 Å². The van der Waals surface area contributed by atoms with Gasteiger partial charge >= 0.3 is 0 Å². The average Bonchev–Trinajstić information content (AvgIpc) is 2.48. The summed E-state index contributed by atoms with van der Waals surface area (Å²) < 4.78 is 0. The van der Waals surface area contributed by atoms with Gasteiger partial charge in [-0.25, -0.2) is 0 Å². The summed E-state index contributed by atoms with van der Waals surface area (Å²) in [6.45, 7) is 3.67. The molecule has 0 radical (unpaired) electrons. The topological polar surface area (TPSA) is 33.1 Å². The van der Waals surface area contributed by atoms with E-state index in [2.05, 4.69) is 53.5 Å². The van der Waals surface area contributed by atoms with Crippen molar-refractivity contribution in [1.82, 2.24) is 4.98 Å². The Morgan fingerprint density at radius 2 is 1.59 bits per heavy atom. The van der Waals surface area contributed by atoms with Crippen LogP contribution in [0.15, 0.2) is 60.8 Å². The SMILES string of the molecule is CC(C)(O)Cc1ccc(Cc2nccc3ccccc23)cc1. The summed E-state index contributed by atoms with van der Waals surface area (Å²) in [7, 11) is 0. The van der Waals surface area contributed by atoms with Gasteiger partial charge in [0.1, 0.15) is 0 Å². The molecule has 2 nitrogen and oxygen atoms in total. The Morgan fingerprint density at radius 3 is 2.32 bits per heavy atom. The van der Waals surface area contributed by atoms with Crippen LogP contribution in [0.25, 0.3) is 10.8 Å². The van der Waals surface area contributed by atoms with Crippen LogP contribution in [0, 0.1) is 0 Å². The van der Waals surface area contributed by atoms with Gasteiger partial charge < -0.3 is 5.11 Å². The van der Waals surface area contributed by atoms with Crippen LogP contribution in [-0.4, -0.2) is 15.7 Å². The van der Waals surface area contributed by atoms with Crippen molar-refractivity contribution in [2.45, 2.75) is 32.3 Å². The molecule has 0 fully saturated rings. The second-order valence-electron chi connectivity index (χ2n) is 6.46. The molecule has 0 saturated heterocycles. The lowest BCUT2D eigenvalue weighted by molar-refractivity contribution is 0.0810. The molecule has 0 amide bonds. The van der Waals surface area contributed by atoms with Crippen molar-refractivity contribution in [3.63, 3.8) is 0 Å². The van der Waals surface area contributed by atoms with Gasteiger partial charge in [-0.3, -0.25) is 4.98 Å². The van der Waals surface area contributed by atoms with Crippen molar-refractivity contribution in [2.24, 2.45) is 0 Å². The van der Waals surface area contributed by atoms with Crippen LogP contribution >= 0.6 is 0 Å². The Bertz CT molecular complexity index is 764. The number of hydrogen-bond acceptors (Lipinski definition) is 2. The molecule has 1 N–H and O–H groups in total. The Labute approximate surface area is 131 Å². The molecule has 0 aliphatic heterocycles. The standard InChI is InChI=1S/C20H21NO/c1-20(2,22)14-16-9-7-15(8-10-16)13-19-18-6-4-3-5-17(18)11-12-21-19/h3-12,22H,13-14H2,1-2H3. The van der Waals surface area contributed by atoms with E-state index >= 15 is 0 Å². The minimum Gasteiger partial charge on any atom is -0.390 e. The molecule has 1 heterocycles. The Hall–Kier alpha value is -2.19. The average molecular weight is 291 g/mol. The fourth-order valence-electron chi connectivity index (χ4n) is 2.79. The van der Waals surface area contributed by atoms with E-state index in [1.165, 1.54) is 16.3 Å². The van der Waals surface area contributed by atoms with E-state index in [1.54, 1.807) is 0 Å². The first-order valence-electron chi connectivity index (χ1n) is 7.64. The first-order valence-corrected chi connectivity index (χ1v) is 7.64. The maximum atomic E-state index is 9.88. The zero-order chi connectivity index (χ0) is 15.6. The van der Waals surface area contributed by atoms with Crippen LogP contribution in [0.5, 0.6) is 0 Å². The summed E-state index contributed by atoms with van der Waals surface area (Å²) >= 11 is 0. The summed E-state index contributed by atoms with van der Waals surface area (Å²) in [5.41, 5.74) is 2.83. The maximum Gasteiger partial charge on any atom is 0.0631 e. The Morgan fingerprint density at radius 1 is 0.909 bits per heavy atom. The first kappa shape index (κ1) is 14.7. The third kappa shape index (κ3) is 3.52. The van der Waals surface area contributed by atoms with Gasteiger partial charge in [-0.15, -0.1) is 0 Å². The highest BCUT2D eigenvalue weighted by Crippen LogP contribution is 2.20. The number of nitrogens with zero attached hydrogens (tertiary/aromatic N) is 1. The number of pyridine rings is 1. The van der Waals surface area contributed by atoms with E-state index in [0.29, 0.717) is 6.42 Å². The molecular weight excluding hydrogens is 270 g/mol. The van der Waals surface area contributed by atoms with Crippen molar-refractivity contribution >= 4 is 10.8 Å². The van der Waals surface area contributed by atoms with Crippen LogP contribution in [-0.2, 0) is 12.8 Å². The number of aromatic nitrogens is 1. The molecule has 0 spiro atoms. The largest absolute Gasteiger partial charge is 0.390 e. The van der Waals surface area contributed by atoms with Crippen LogP contribution in [0.2, 0.25) is 0 Å². The van der Waals surface area contributed by atoms with Crippen molar-refractivity contribution < 1.29 is 5.11 Å². The smallest absolute Gasteiger partial charge is 0.0631 e. The predicted octanol–water partition coefficient (Wildman–Crippen LogP) is 4.14. The van der Waals surface area contributed by atoms with E-state index < -0.39 is 5.60 Å². The molecule has 112 valence electrons. The number of hydrogen-bond donors (Lipinski definition) is 1. The summed E-state index contributed by atoms with van der Waals surface area (Å²) in [5.74, 6) is 0. The minimum absolute atomic E-state index is 0.666. The molecule has 2 heteroatoms. The third-order valence-electron chi connectivity index (χ3n) is 3.79. The lowest BCUT2D eigenvalue weighted by Gasteiger charge is -2.17. The van der Waals surface area contributed by atoms with Crippen molar-refractivity contribution in [1.29, 1.82) is 0 Å². The summed E-state index contributed by atoms with van der Waals surface area (Å²) in [6.07, 6.45) is 3.37. The van der Waals surface area contributed by atoms with Crippen molar-refractivity contribution in [2.75, 3.05) is 0 Å². The molecule has 0 saturated carbocycles. The fraction of sp³-hybridized carbons (Fsp3) is 0.250. The zero-order valence-electron chi connectivity index (χ0n) is 13.1. The zero-order valence-corrected chi connectivity index (χ0v) is 13.1. The molecule has 2 aromatic carbocycles. The van der Waals surface area contributed by atoms with Crippen LogP contribution in [0.3, 0.4) is 0 Å². The summed E-state index contributed by atoms with van der Waals surface area (Å²) in [4.78, 5) is 4.54. The van der Waals surface area contributed by atoms with Gasteiger partial charge in [-0.2, -0.15) is 0 Å². The van der Waals surface area contributed by atoms with Gasteiger partial charge in [0.2, 0.25) is 0 Å². The predicted molar refractivity (Wildman–Crippen MR) is 91.0 cm³/mol. The quantitative estimate of drug-likeness (QED) is 0.783. The van der Waals surface area contributed by atoms with Crippen molar-refractivity contribution in [3.05, 3.63) is 77.6 Å². The molecule has 22 heavy (non-hydrogen) atoms. The molecule has 0 aliphatic carbocycles. The van der Waals surface area contributed by atoms with Gasteiger partial charge in [0.15, 0.2) is 0 Å². The maximum absolute atomic E-state index is 9.88. The fourth-order valence-corrected chi connectivity index (χ4v) is 2.79. The normalized spacial score (nSPS) is 11.8. The van der Waals surface area contributed by atoms with E-state index in [-0.39, 0.29) is 0 Å². The monoisotopic (exact) mass is 291 g/mol. The van der Waals surface area contributed by atoms with Crippen LogP contribution in [0.4, 0.5) is 0 Å². The molecule has 0 bridgehead atoms. The van der Waals surface area contributed by atoms with Gasteiger partial charge in [-0.1, -0.05) is 48.5 Å². The lowest BCUT2D eigenvalue weighted by Crippen LogP contribution is -2.21. The molecule has 1 aromatic heterocycles. The highest BCUT2D eigenvalue weighted by atomic mass is 16.3. The molecular formula is C20H21NO. The van der Waals surface area contributed by atoms with Gasteiger partial charge in [0, 0.05) is 24.4 Å². The van der Waals surface area contributed by atoms with Gasteiger partial charge in [0.05, 0.1) is 11.3 Å². The number of aliphatic hydroxyl groups is 1. The van der Waals surface area contributed by atoms with E-state index in [9.17, 15) is 5.11 Å². The second kappa shape index (κ2) is 5.90. The van der Waals surface area contributed by atoms with Crippen LogP contribution in [0.1, 0.15) is 30.7 Å². The lowest BCUT2D eigenvalue weighted by atomic mass is 9.96. The van der Waals surface area contributed by atoms with Crippen LogP contribution < -0.4 is 0 Å². The van der Waals surface area contributed by atoms with E-state index in [0.717, 1.165) is 17.7 Å². The summed E-state index contributed by atoms with van der Waals surface area (Å²) in [5, 5.41) is 12.3.